The van der Waals surface area contributed by atoms with Crippen LogP contribution in [0, 0.1) is 0 Å². The van der Waals surface area contributed by atoms with Crippen molar-refractivity contribution in [3.05, 3.63) is 101 Å². The van der Waals surface area contributed by atoms with Crippen molar-refractivity contribution in [2.75, 3.05) is 23.4 Å². The minimum atomic E-state index is 0.903. The van der Waals surface area contributed by atoms with E-state index in [4.69, 9.17) is 4.98 Å². The Hall–Kier alpha value is -3.38. The smallest absolute Gasteiger partial charge is 0.185 e. The van der Waals surface area contributed by atoms with Crippen molar-refractivity contribution >= 4 is 22.2 Å². The molecule has 162 valence electrons. The molecule has 5 nitrogen and oxygen atoms in total. The van der Waals surface area contributed by atoms with Gasteiger partial charge in [-0.15, -0.1) is 11.3 Å². The van der Waals surface area contributed by atoms with Gasteiger partial charge in [-0.1, -0.05) is 24.3 Å². The minimum absolute atomic E-state index is 0.903. The third-order valence-electron chi connectivity index (χ3n) is 5.88. The van der Waals surface area contributed by atoms with Crippen LogP contribution in [0.15, 0.2) is 79.4 Å². The number of thiazole rings is 1. The van der Waals surface area contributed by atoms with Crippen LogP contribution in [-0.4, -0.2) is 28.4 Å². The zero-order valence-electron chi connectivity index (χ0n) is 18.5. The molecule has 0 unspecified atom stereocenters. The molecule has 2 aromatic carbocycles. The van der Waals surface area contributed by atoms with Crippen LogP contribution in [0.25, 0.3) is 5.69 Å². The zero-order chi connectivity index (χ0) is 21.9. The second-order valence-corrected chi connectivity index (χ2v) is 9.21. The van der Waals surface area contributed by atoms with E-state index < -0.39 is 0 Å². The lowest BCUT2D eigenvalue weighted by Crippen LogP contribution is -2.30. The fourth-order valence-corrected chi connectivity index (χ4v) is 5.12. The highest BCUT2D eigenvalue weighted by atomic mass is 32.1. The molecule has 5 rings (SSSR count). The highest BCUT2D eigenvalue weighted by molar-refractivity contribution is 7.15. The fraction of sp³-hybridized carbons (Fsp3) is 0.231. The number of fused-ring (bicyclic) bond motifs is 1. The van der Waals surface area contributed by atoms with Crippen LogP contribution >= 0.6 is 11.3 Å². The molecule has 1 aliphatic rings. The van der Waals surface area contributed by atoms with Crippen LogP contribution in [0.4, 0.5) is 10.8 Å². The number of rotatable bonds is 6. The summed E-state index contributed by atoms with van der Waals surface area (Å²) >= 11 is 1.81. The van der Waals surface area contributed by atoms with E-state index in [1.165, 1.54) is 27.3 Å². The van der Waals surface area contributed by atoms with E-state index in [2.05, 4.69) is 76.7 Å². The average Bonchev–Trinajstić information content (AvgIpc) is 3.52. The van der Waals surface area contributed by atoms with Gasteiger partial charge in [-0.3, -0.25) is 0 Å². The molecule has 32 heavy (non-hydrogen) atoms. The van der Waals surface area contributed by atoms with E-state index in [9.17, 15) is 0 Å². The summed E-state index contributed by atoms with van der Waals surface area (Å²) in [4.78, 5) is 10.6. The Balaban J connectivity index is 1.27. The molecule has 0 spiro atoms. The number of benzene rings is 2. The molecule has 0 radical (unpaired) electrons. The molecular weight excluding hydrogens is 414 g/mol. The molecule has 0 bridgehead atoms. The number of nitrogens with zero attached hydrogens (tertiary/aromatic N) is 5. The van der Waals surface area contributed by atoms with Crippen LogP contribution in [0.3, 0.4) is 0 Å². The molecule has 4 aromatic rings. The Morgan fingerprint density at radius 1 is 1.12 bits per heavy atom. The SMILES string of the molecule is C/C=C/N(C)c1ccc2c(c1)CN(c1ncc(Cc3ccc(-n4cccn4)cc3)s1)CC2. The zero-order valence-corrected chi connectivity index (χ0v) is 19.3. The van der Waals surface area contributed by atoms with E-state index in [0.29, 0.717) is 0 Å². The molecule has 0 amide bonds. The summed E-state index contributed by atoms with van der Waals surface area (Å²) < 4.78 is 1.88. The van der Waals surface area contributed by atoms with Crippen molar-refractivity contribution in [2.45, 2.75) is 26.3 Å². The molecule has 0 saturated carbocycles. The lowest BCUT2D eigenvalue weighted by Gasteiger charge is -2.29. The average molecular weight is 442 g/mol. The summed E-state index contributed by atoms with van der Waals surface area (Å²) in [5.74, 6) is 0. The maximum atomic E-state index is 4.76. The van der Waals surface area contributed by atoms with Crippen LogP contribution in [0.5, 0.6) is 0 Å². The van der Waals surface area contributed by atoms with Crippen molar-refractivity contribution in [2.24, 2.45) is 0 Å². The number of aromatic nitrogens is 3. The fourth-order valence-electron chi connectivity index (χ4n) is 4.15. The van der Waals surface area contributed by atoms with Gasteiger partial charge in [-0.05, 0) is 66.6 Å². The van der Waals surface area contributed by atoms with Gasteiger partial charge < -0.3 is 9.80 Å². The van der Waals surface area contributed by atoms with E-state index in [-0.39, 0.29) is 0 Å². The Morgan fingerprint density at radius 2 is 2.00 bits per heavy atom. The topological polar surface area (TPSA) is 37.2 Å². The molecule has 0 aliphatic carbocycles. The number of anilines is 2. The Morgan fingerprint density at radius 3 is 2.78 bits per heavy atom. The Labute approximate surface area is 193 Å². The summed E-state index contributed by atoms with van der Waals surface area (Å²) in [5, 5.41) is 5.41. The normalized spacial score (nSPS) is 13.5. The van der Waals surface area contributed by atoms with E-state index in [1.807, 2.05) is 30.1 Å². The number of hydrogen-bond acceptors (Lipinski definition) is 5. The maximum absolute atomic E-state index is 4.76. The van der Waals surface area contributed by atoms with Crippen molar-refractivity contribution in [1.82, 2.24) is 14.8 Å². The van der Waals surface area contributed by atoms with Gasteiger partial charge in [-0.2, -0.15) is 5.10 Å². The summed E-state index contributed by atoms with van der Waals surface area (Å²) in [6.07, 6.45) is 11.9. The van der Waals surface area contributed by atoms with Gasteiger partial charge in [0, 0.05) is 55.7 Å². The standard InChI is InChI=1S/C26H27N5S/c1-3-13-29(2)24-10-7-21-11-15-30(19-22(21)17-24)26-27-18-25(32-26)16-20-5-8-23(9-6-20)31-14-4-12-28-31/h3-10,12-14,17-18H,11,15-16,19H2,1-2H3/b13-3+. The first kappa shape index (κ1) is 20.5. The lowest BCUT2D eigenvalue weighted by molar-refractivity contribution is 0.728. The van der Waals surface area contributed by atoms with Crippen molar-refractivity contribution < 1.29 is 0 Å². The first-order valence-electron chi connectivity index (χ1n) is 11.0. The second-order valence-electron chi connectivity index (χ2n) is 8.12. The van der Waals surface area contributed by atoms with Gasteiger partial charge in [0.2, 0.25) is 0 Å². The largest absolute Gasteiger partial charge is 0.351 e. The highest BCUT2D eigenvalue weighted by Crippen LogP contribution is 2.31. The third-order valence-corrected chi connectivity index (χ3v) is 6.94. The molecule has 0 fully saturated rings. The number of allylic oxidation sites excluding steroid dienone is 1. The van der Waals surface area contributed by atoms with Gasteiger partial charge in [0.1, 0.15) is 0 Å². The van der Waals surface area contributed by atoms with Crippen LogP contribution in [-0.2, 0) is 19.4 Å². The summed E-state index contributed by atoms with van der Waals surface area (Å²) in [6.45, 7) is 3.98. The number of hydrogen-bond donors (Lipinski definition) is 0. The molecule has 6 heteroatoms. The highest BCUT2D eigenvalue weighted by Gasteiger charge is 2.20. The van der Waals surface area contributed by atoms with E-state index >= 15 is 0 Å². The van der Waals surface area contributed by atoms with Crippen LogP contribution in [0.1, 0.15) is 28.5 Å². The first-order chi connectivity index (χ1) is 15.7. The summed E-state index contributed by atoms with van der Waals surface area (Å²) in [7, 11) is 2.09. The van der Waals surface area contributed by atoms with Gasteiger partial charge in [0.15, 0.2) is 5.13 Å². The van der Waals surface area contributed by atoms with Crippen molar-refractivity contribution in [1.29, 1.82) is 0 Å². The van der Waals surface area contributed by atoms with Gasteiger partial charge in [0.25, 0.3) is 0 Å². The summed E-state index contributed by atoms with van der Waals surface area (Å²) in [5.41, 5.74) is 6.44. The van der Waals surface area contributed by atoms with Crippen molar-refractivity contribution in [3.8, 4) is 5.69 Å². The Bertz CT molecular complexity index is 1210. The molecule has 2 aromatic heterocycles. The second kappa shape index (κ2) is 9.01. The van der Waals surface area contributed by atoms with Crippen molar-refractivity contribution in [3.63, 3.8) is 0 Å². The molecule has 0 saturated heterocycles. The third kappa shape index (κ3) is 4.32. The van der Waals surface area contributed by atoms with Gasteiger partial charge in [-0.25, -0.2) is 9.67 Å². The van der Waals surface area contributed by atoms with E-state index in [1.54, 1.807) is 17.5 Å². The predicted octanol–water partition coefficient (Wildman–Crippen LogP) is 5.45. The molecule has 0 N–H and O–H groups in total. The monoisotopic (exact) mass is 441 g/mol. The van der Waals surface area contributed by atoms with Gasteiger partial charge in [0.05, 0.1) is 5.69 Å². The minimum Gasteiger partial charge on any atom is -0.351 e. The quantitative estimate of drug-likeness (QED) is 0.399. The molecule has 3 heterocycles. The predicted molar refractivity (Wildman–Crippen MR) is 133 cm³/mol. The van der Waals surface area contributed by atoms with Gasteiger partial charge >= 0.3 is 0 Å². The Kier molecular flexibility index (Phi) is 5.77. The van der Waals surface area contributed by atoms with Crippen LogP contribution < -0.4 is 9.80 Å². The molecule has 0 atom stereocenters. The molecular formula is C26H27N5S. The molecule has 1 aliphatic heterocycles. The van der Waals surface area contributed by atoms with Crippen LogP contribution in [0.2, 0.25) is 0 Å². The van der Waals surface area contributed by atoms with E-state index in [0.717, 1.165) is 36.8 Å². The first-order valence-corrected chi connectivity index (χ1v) is 11.8. The lowest BCUT2D eigenvalue weighted by atomic mass is 9.99. The maximum Gasteiger partial charge on any atom is 0.185 e. The summed E-state index contributed by atoms with van der Waals surface area (Å²) in [6, 6.07) is 17.3.